The highest BCUT2D eigenvalue weighted by molar-refractivity contribution is 5.53. The van der Waals surface area contributed by atoms with Crippen LogP contribution in [0.3, 0.4) is 0 Å². The van der Waals surface area contributed by atoms with E-state index < -0.39 is 36.3 Å². The van der Waals surface area contributed by atoms with Crippen molar-refractivity contribution in [2.45, 2.75) is 37.3 Å². The monoisotopic (exact) mass is 298 g/mol. The van der Waals surface area contributed by atoms with Crippen LogP contribution in [-0.2, 0) is 0 Å². The van der Waals surface area contributed by atoms with E-state index in [-0.39, 0.29) is 6.42 Å². The molecule has 0 saturated carbocycles. The van der Waals surface area contributed by atoms with E-state index in [0.29, 0.717) is 5.56 Å². The van der Waals surface area contributed by atoms with Crippen molar-refractivity contribution < 1.29 is 30.6 Å². The van der Waals surface area contributed by atoms with Gasteiger partial charge in [0.05, 0.1) is 6.61 Å². The first-order chi connectivity index (χ1) is 9.86. The topological polar surface area (TPSA) is 121 Å². The molecule has 0 amide bonds. The zero-order valence-corrected chi connectivity index (χ0v) is 11.8. The second kappa shape index (κ2) is 7.53. The van der Waals surface area contributed by atoms with Crippen molar-refractivity contribution in [1.82, 2.24) is 0 Å². The Morgan fingerprint density at radius 1 is 1.19 bits per heavy atom. The summed E-state index contributed by atoms with van der Waals surface area (Å²) in [4.78, 5) is 0. The molecule has 0 unspecified atom stereocenters. The number of rotatable bonds is 7. The number of hydrogen-bond acceptors (Lipinski definition) is 6. The van der Waals surface area contributed by atoms with E-state index in [9.17, 15) is 25.5 Å². The summed E-state index contributed by atoms with van der Waals surface area (Å²) in [5, 5.41) is 58.4. The van der Waals surface area contributed by atoms with Crippen LogP contribution in [0.25, 0.3) is 6.08 Å². The molecule has 6 nitrogen and oxygen atoms in total. The molecule has 0 aliphatic heterocycles. The molecule has 6 heteroatoms. The fourth-order valence-corrected chi connectivity index (χ4v) is 1.97. The molecule has 0 saturated heterocycles. The predicted molar refractivity (Wildman–Crippen MR) is 77.4 cm³/mol. The summed E-state index contributed by atoms with van der Waals surface area (Å²) in [6, 6.07) is 8.65. The summed E-state index contributed by atoms with van der Waals surface area (Å²) >= 11 is 0. The van der Waals surface area contributed by atoms with E-state index in [1.54, 1.807) is 30.3 Å². The van der Waals surface area contributed by atoms with E-state index in [2.05, 4.69) is 0 Å². The molecule has 0 bridgehead atoms. The maximum atomic E-state index is 10.4. The third-order valence-electron chi connectivity index (χ3n) is 3.48. The van der Waals surface area contributed by atoms with Gasteiger partial charge in [0, 0.05) is 0 Å². The Labute approximate surface area is 123 Å². The van der Waals surface area contributed by atoms with E-state index >= 15 is 0 Å². The second-order valence-electron chi connectivity index (χ2n) is 4.90. The lowest BCUT2D eigenvalue weighted by Crippen LogP contribution is -2.54. The third kappa shape index (κ3) is 4.03. The molecule has 1 aromatic carbocycles. The van der Waals surface area contributed by atoms with Crippen molar-refractivity contribution in [1.29, 1.82) is 0 Å². The largest absolute Gasteiger partial charge is 0.509 e. The van der Waals surface area contributed by atoms with Gasteiger partial charge in [-0.3, -0.25) is 0 Å². The Morgan fingerprint density at radius 2 is 1.76 bits per heavy atom. The van der Waals surface area contributed by atoms with Crippen molar-refractivity contribution in [3.8, 4) is 0 Å². The van der Waals surface area contributed by atoms with Gasteiger partial charge in [-0.1, -0.05) is 37.3 Å². The molecular weight excluding hydrogens is 276 g/mol. The molecule has 1 rings (SSSR count). The van der Waals surface area contributed by atoms with Crippen molar-refractivity contribution in [3.05, 3.63) is 41.7 Å². The van der Waals surface area contributed by atoms with Crippen LogP contribution in [-0.4, -0.2) is 61.2 Å². The minimum atomic E-state index is -2.13. The third-order valence-corrected chi connectivity index (χ3v) is 3.48. The molecule has 0 fully saturated rings. The first kappa shape index (κ1) is 17.6. The lowest BCUT2D eigenvalue weighted by Gasteiger charge is -2.35. The highest BCUT2D eigenvalue weighted by Gasteiger charge is 2.44. The molecule has 0 aliphatic rings. The minimum absolute atomic E-state index is 0.0987. The first-order valence-corrected chi connectivity index (χ1v) is 6.70. The molecule has 1 aromatic rings. The van der Waals surface area contributed by atoms with Gasteiger partial charge in [-0.05, 0) is 18.1 Å². The summed E-state index contributed by atoms with van der Waals surface area (Å²) in [5.74, 6) is -0.534. The molecule has 0 aliphatic carbocycles. The molecule has 4 atom stereocenters. The van der Waals surface area contributed by atoms with Gasteiger partial charge in [0.15, 0.2) is 0 Å². The van der Waals surface area contributed by atoms with Crippen LogP contribution < -0.4 is 0 Å². The molecule has 0 heterocycles. The maximum Gasteiger partial charge on any atom is 0.149 e. The number of hydrogen-bond donors (Lipinski definition) is 6. The molecule has 0 aromatic heterocycles. The lowest BCUT2D eigenvalue weighted by atomic mass is 9.85. The number of aliphatic hydroxyl groups is 6. The fourth-order valence-electron chi connectivity index (χ4n) is 1.97. The van der Waals surface area contributed by atoms with E-state index in [4.69, 9.17) is 5.11 Å². The van der Waals surface area contributed by atoms with E-state index in [0.717, 1.165) is 0 Å². The van der Waals surface area contributed by atoms with Crippen LogP contribution in [0.4, 0.5) is 0 Å². The highest BCUT2D eigenvalue weighted by Crippen LogP contribution is 2.28. The number of aliphatic hydroxyl groups excluding tert-OH is 5. The summed E-state index contributed by atoms with van der Waals surface area (Å²) in [5.41, 5.74) is -1.53. The quantitative estimate of drug-likeness (QED) is 0.388. The van der Waals surface area contributed by atoms with Crippen molar-refractivity contribution in [2.24, 2.45) is 0 Å². The van der Waals surface area contributed by atoms with Gasteiger partial charge in [-0.2, -0.15) is 0 Å². The Bertz CT molecular complexity index is 460. The maximum absolute atomic E-state index is 10.4. The van der Waals surface area contributed by atoms with Crippen LogP contribution >= 0.6 is 0 Å². The van der Waals surface area contributed by atoms with Crippen LogP contribution in [0.2, 0.25) is 0 Å². The van der Waals surface area contributed by atoms with Gasteiger partial charge < -0.3 is 30.6 Å². The average Bonchev–Trinajstić information content (AvgIpc) is 2.52. The summed E-state index contributed by atoms with van der Waals surface area (Å²) in [6.45, 7) is 0.734. The standard InChI is InChI=1S/C15H22O6/c1-2-15(21,14(20)13(19)11(17)9-16)12(18)8-10-6-4-3-5-7-10/h3-8,11,13-14,16-21H,2,9H2,1H3/t11-,13-,14+,15+/m1/s1. The molecule has 0 radical (unpaired) electrons. The van der Waals surface area contributed by atoms with Gasteiger partial charge in [-0.25, -0.2) is 0 Å². The Hall–Kier alpha value is -1.44. The summed E-state index contributed by atoms with van der Waals surface area (Å²) in [6.07, 6.45) is -4.11. The molecule has 6 N–H and O–H groups in total. The van der Waals surface area contributed by atoms with E-state index in [1.165, 1.54) is 13.0 Å². The van der Waals surface area contributed by atoms with Crippen molar-refractivity contribution >= 4 is 6.08 Å². The lowest BCUT2D eigenvalue weighted by molar-refractivity contribution is -0.154. The Morgan fingerprint density at radius 3 is 2.24 bits per heavy atom. The van der Waals surface area contributed by atoms with Crippen LogP contribution in [0.5, 0.6) is 0 Å². The first-order valence-electron chi connectivity index (χ1n) is 6.70. The molecule has 118 valence electrons. The second-order valence-corrected chi connectivity index (χ2v) is 4.90. The number of benzene rings is 1. The van der Waals surface area contributed by atoms with Crippen molar-refractivity contribution in [2.75, 3.05) is 6.61 Å². The van der Waals surface area contributed by atoms with Gasteiger partial charge in [0.25, 0.3) is 0 Å². The van der Waals surface area contributed by atoms with Gasteiger partial charge in [0.1, 0.15) is 29.7 Å². The van der Waals surface area contributed by atoms with Crippen LogP contribution in [0.1, 0.15) is 18.9 Å². The molecule has 21 heavy (non-hydrogen) atoms. The molecular formula is C15H22O6. The SMILES string of the molecule is CC[C@](O)(C(O)=Cc1ccccc1)[C@@H](O)[C@H](O)[C@H](O)CO. The minimum Gasteiger partial charge on any atom is -0.509 e. The summed E-state index contributed by atoms with van der Waals surface area (Å²) < 4.78 is 0. The van der Waals surface area contributed by atoms with Crippen LogP contribution in [0.15, 0.2) is 36.1 Å². The Kier molecular flexibility index (Phi) is 6.32. The predicted octanol–water partition coefficient (Wildman–Crippen LogP) is -0.198. The van der Waals surface area contributed by atoms with Gasteiger partial charge in [0.2, 0.25) is 0 Å². The van der Waals surface area contributed by atoms with E-state index in [1.807, 2.05) is 0 Å². The highest BCUT2D eigenvalue weighted by atomic mass is 16.4. The zero-order chi connectivity index (χ0) is 16.0. The zero-order valence-electron chi connectivity index (χ0n) is 11.8. The smallest absolute Gasteiger partial charge is 0.149 e. The van der Waals surface area contributed by atoms with Gasteiger partial charge in [-0.15, -0.1) is 0 Å². The van der Waals surface area contributed by atoms with Crippen LogP contribution in [0, 0.1) is 0 Å². The Balaban J connectivity index is 3.05. The normalized spacial score (nSPS) is 19.6. The summed E-state index contributed by atoms with van der Waals surface area (Å²) in [7, 11) is 0. The van der Waals surface area contributed by atoms with Crippen molar-refractivity contribution in [3.63, 3.8) is 0 Å². The fraction of sp³-hybridized carbons (Fsp3) is 0.467. The average molecular weight is 298 g/mol. The van der Waals surface area contributed by atoms with Gasteiger partial charge >= 0.3 is 0 Å². The molecule has 0 spiro atoms.